The summed E-state index contributed by atoms with van der Waals surface area (Å²) >= 11 is 6.25. The van der Waals surface area contributed by atoms with Gasteiger partial charge in [-0.15, -0.1) is 0 Å². The molecule has 1 aliphatic rings. The first-order chi connectivity index (χ1) is 12.8. The van der Waals surface area contributed by atoms with Crippen LogP contribution in [0.5, 0.6) is 11.5 Å². The Labute approximate surface area is 162 Å². The molecule has 27 heavy (non-hydrogen) atoms. The molecular formula is C19H25ClF3NO3. The Morgan fingerprint density at radius 2 is 1.85 bits per heavy atom. The smallest absolute Gasteiger partial charge is 0.391 e. The standard InChI is InChI=1S/C19H25ClF3NO3/c1-3-9-27-17-15(20)10-12(11-16(17)26-4-2)18(25)24-14-7-5-13(6-8-14)19(21,22)23/h10-11,13-14H,3-9H2,1-2H3,(H,24,25). The third-order valence-electron chi connectivity index (χ3n) is 4.55. The molecule has 0 unspecified atom stereocenters. The van der Waals surface area contributed by atoms with E-state index < -0.39 is 12.1 Å². The Balaban J connectivity index is 2.06. The highest BCUT2D eigenvalue weighted by Gasteiger charge is 2.41. The van der Waals surface area contributed by atoms with Crippen molar-refractivity contribution in [3.63, 3.8) is 0 Å². The number of hydrogen-bond acceptors (Lipinski definition) is 3. The Morgan fingerprint density at radius 1 is 1.19 bits per heavy atom. The normalized spacial score (nSPS) is 20.2. The van der Waals surface area contributed by atoms with E-state index in [2.05, 4.69) is 5.32 Å². The van der Waals surface area contributed by atoms with Crippen molar-refractivity contribution in [2.24, 2.45) is 5.92 Å². The number of ether oxygens (including phenoxy) is 2. The van der Waals surface area contributed by atoms with Crippen molar-refractivity contribution < 1.29 is 27.4 Å². The molecule has 1 fully saturated rings. The predicted molar refractivity (Wildman–Crippen MR) is 97.7 cm³/mol. The van der Waals surface area contributed by atoms with E-state index in [4.69, 9.17) is 21.1 Å². The second kappa shape index (κ2) is 9.53. The van der Waals surface area contributed by atoms with Crippen molar-refractivity contribution in [3.8, 4) is 11.5 Å². The van der Waals surface area contributed by atoms with Gasteiger partial charge in [0.15, 0.2) is 11.5 Å². The van der Waals surface area contributed by atoms with Crippen molar-refractivity contribution in [2.45, 2.75) is 58.2 Å². The maximum atomic E-state index is 12.8. The summed E-state index contributed by atoms with van der Waals surface area (Å²) in [5.41, 5.74) is 0.297. The van der Waals surface area contributed by atoms with Crippen LogP contribution in [0.3, 0.4) is 0 Å². The van der Waals surface area contributed by atoms with Crippen LogP contribution in [0.15, 0.2) is 12.1 Å². The second-order valence-electron chi connectivity index (χ2n) is 6.63. The largest absolute Gasteiger partial charge is 0.490 e. The van der Waals surface area contributed by atoms with Gasteiger partial charge in [-0.2, -0.15) is 13.2 Å². The zero-order chi connectivity index (χ0) is 20.0. The van der Waals surface area contributed by atoms with Gasteiger partial charge in [0.25, 0.3) is 5.91 Å². The van der Waals surface area contributed by atoms with Gasteiger partial charge >= 0.3 is 6.18 Å². The molecule has 1 amide bonds. The van der Waals surface area contributed by atoms with Crippen molar-refractivity contribution in [2.75, 3.05) is 13.2 Å². The monoisotopic (exact) mass is 407 g/mol. The number of carbonyl (C=O) groups is 1. The van der Waals surface area contributed by atoms with Gasteiger partial charge < -0.3 is 14.8 Å². The fraction of sp³-hybridized carbons (Fsp3) is 0.632. The van der Waals surface area contributed by atoms with Crippen LogP contribution < -0.4 is 14.8 Å². The summed E-state index contributed by atoms with van der Waals surface area (Å²) in [4.78, 5) is 12.5. The fourth-order valence-electron chi connectivity index (χ4n) is 3.14. The molecule has 1 saturated carbocycles. The number of carbonyl (C=O) groups excluding carboxylic acids is 1. The number of nitrogens with one attached hydrogen (secondary N) is 1. The number of alkyl halides is 3. The SMILES string of the molecule is CCCOc1c(Cl)cc(C(=O)NC2CCC(C(F)(F)F)CC2)cc1OCC. The summed E-state index contributed by atoms with van der Waals surface area (Å²) in [7, 11) is 0. The van der Waals surface area contributed by atoms with Crippen molar-refractivity contribution in [3.05, 3.63) is 22.7 Å². The molecule has 0 spiro atoms. The van der Waals surface area contributed by atoms with Crippen LogP contribution in [0.1, 0.15) is 56.3 Å². The molecule has 1 N–H and O–H groups in total. The zero-order valence-corrected chi connectivity index (χ0v) is 16.3. The van der Waals surface area contributed by atoms with E-state index in [0.717, 1.165) is 6.42 Å². The molecule has 0 heterocycles. The third-order valence-corrected chi connectivity index (χ3v) is 4.83. The molecule has 0 bridgehead atoms. The first-order valence-electron chi connectivity index (χ1n) is 9.22. The summed E-state index contributed by atoms with van der Waals surface area (Å²) in [5.74, 6) is -0.887. The highest BCUT2D eigenvalue weighted by Crippen LogP contribution is 2.38. The molecule has 1 aromatic carbocycles. The van der Waals surface area contributed by atoms with Crippen molar-refractivity contribution in [1.29, 1.82) is 0 Å². The number of halogens is 4. The lowest BCUT2D eigenvalue weighted by Crippen LogP contribution is -2.40. The van der Waals surface area contributed by atoms with E-state index in [9.17, 15) is 18.0 Å². The van der Waals surface area contributed by atoms with Gasteiger partial charge in [-0.25, -0.2) is 0 Å². The average molecular weight is 408 g/mol. The van der Waals surface area contributed by atoms with Gasteiger partial charge in [0.1, 0.15) is 0 Å². The van der Waals surface area contributed by atoms with Crippen LogP contribution in [-0.4, -0.2) is 31.3 Å². The van der Waals surface area contributed by atoms with Crippen LogP contribution in [-0.2, 0) is 0 Å². The van der Waals surface area contributed by atoms with Crippen LogP contribution in [0, 0.1) is 5.92 Å². The Morgan fingerprint density at radius 3 is 2.41 bits per heavy atom. The van der Waals surface area contributed by atoms with Crippen LogP contribution in [0.2, 0.25) is 5.02 Å². The highest BCUT2D eigenvalue weighted by molar-refractivity contribution is 6.32. The minimum atomic E-state index is -4.16. The lowest BCUT2D eigenvalue weighted by atomic mass is 9.85. The number of amides is 1. The lowest BCUT2D eigenvalue weighted by molar-refractivity contribution is -0.182. The number of hydrogen-bond donors (Lipinski definition) is 1. The molecular weight excluding hydrogens is 383 g/mol. The van der Waals surface area contributed by atoms with E-state index in [1.807, 2.05) is 13.8 Å². The summed E-state index contributed by atoms with van der Waals surface area (Å²) in [6.45, 7) is 4.62. The van der Waals surface area contributed by atoms with Gasteiger partial charge in [-0.1, -0.05) is 18.5 Å². The van der Waals surface area contributed by atoms with Gasteiger partial charge in [-0.3, -0.25) is 4.79 Å². The lowest BCUT2D eigenvalue weighted by Gasteiger charge is -2.30. The quantitative estimate of drug-likeness (QED) is 0.660. The van der Waals surface area contributed by atoms with Crippen LogP contribution in [0.4, 0.5) is 13.2 Å². The molecule has 0 atom stereocenters. The second-order valence-corrected chi connectivity index (χ2v) is 7.04. The van der Waals surface area contributed by atoms with Crippen LogP contribution in [0.25, 0.3) is 0 Å². The summed E-state index contributed by atoms with van der Waals surface area (Å²) in [6.07, 6.45) is -2.69. The summed E-state index contributed by atoms with van der Waals surface area (Å²) < 4.78 is 49.4. The summed E-state index contributed by atoms with van der Waals surface area (Å²) in [5, 5.41) is 3.07. The third kappa shape index (κ3) is 5.92. The predicted octanol–water partition coefficient (Wildman–Crippen LogP) is 5.38. The van der Waals surface area contributed by atoms with Gasteiger partial charge in [0.2, 0.25) is 0 Å². The van der Waals surface area contributed by atoms with E-state index in [0.29, 0.717) is 43.1 Å². The number of rotatable bonds is 7. The van der Waals surface area contributed by atoms with Crippen molar-refractivity contribution in [1.82, 2.24) is 5.32 Å². The zero-order valence-electron chi connectivity index (χ0n) is 15.5. The van der Waals surface area contributed by atoms with Crippen molar-refractivity contribution >= 4 is 17.5 Å². The van der Waals surface area contributed by atoms with Crippen LogP contribution >= 0.6 is 11.6 Å². The van der Waals surface area contributed by atoms with E-state index in [-0.39, 0.29) is 29.8 Å². The molecule has 2 rings (SSSR count). The van der Waals surface area contributed by atoms with Gasteiger partial charge in [-0.05, 0) is 51.2 Å². The van der Waals surface area contributed by atoms with Gasteiger partial charge in [0, 0.05) is 11.6 Å². The molecule has 0 aromatic heterocycles. The molecule has 0 aliphatic heterocycles. The van der Waals surface area contributed by atoms with E-state index >= 15 is 0 Å². The molecule has 1 aliphatic carbocycles. The minimum Gasteiger partial charge on any atom is -0.490 e. The van der Waals surface area contributed by atoms with E-state index in [1.165, 1.54) is 6.07 Å². The number of benzene rings is 1. The van der Waals surface area contributed by atoms with E-state index in [1.54, 1.807) is 6.07 Å². The minimum absolute atomic E-state index is 0.0309. The summed E-state index contributed by atoms with van der Waals surface area (Å²) in [6, 6.07) is 2.77. The topological polar surface area (TPSA) is 47.6 Å². The molecule has 4 nitrogen and oxygen atoms in total. The first-order valence-corrected chi connectivity index (χ1v) is 9.60. The molecule has 8 heteroatoms. The molecule has 1 aromatic rings. The first kappa shape index (κ1) is 21.7. The van der Waals surface area contributed by atoms with Gasteiger partial charge in [0.05, 0.1) is 24.2 Å². The molecule has 0 saturated heterocycles. The Hall–Kier alpha value is -1.63. The fourth-order valence-corrected chi connectivity index (χ4v) is 3.41. The average Bonchev–Trinajstić information content (AvgIpc) is 2.60. The molecule has 0 radical (unpaired) electrons. The maximum absolute atomic E-state index is 12.8. The highest BCUT2D eigenvalue weighted by atomic mass is 35.5. The Kier molecular flexibility index (Phi) is 7.65. The molecule has 152 valence electrons. The maximum Gasteiger partial charge on any atom is 0.391 e. The Bertz CT molecular complexity index is 644.